The zero-order valence-corrected chi connectivity index (χ0v) is 22.4. The number of anilines is 1. The summed E-state index contributed by atoms with van der Waals surface area (Å²) in [4.78, 5) is 17.8. The molecule has 1 amide bonds. The van der Waals surface area contributed by atoms with Crippen molar-refractivity contribution in [1.29, 1.82) is 0 Å². The number of piperazine rings is 1. The second-order valence-electron chi connectivity index (χ2n) is 10.3. The first-order valence-corrected chi connectivity index (χ1v) is 14.4. The van der Waals surface area contributed by atoms with Crippen molar-refractivity contribution in [2.24, 2.45) is 0 Å². The van der Waals surface area contributed by atoms with Crippen molar-refractivity contribution in [2.45, 2.75) is 37.8 Å². The van der Waals surface area contributed by atoms with Crippen LogP contribution in [0, 0.1) is 6.92 Å². The third-order valence-electron chi connectivity index (χ3n) is 7.56. The molecule has 0 aliphatic carbocycles. The lowest BCUT2D eigenvalue weighted by Gasteiger charge is -2.35. The highest BCUT2D eigenvalue weighted by Gasteiger charge is 2.36. The van der Waals surface area contributed by atoms with Crippen molar-refractivity contribution in [1.82, 2.24) is 9.80 Å². The minimum atomic E-state index is -3.69. The number of benzene rings is 3. The Labute approximate surface area is 223 Å². The quantitative estimate of drug-likeness (QED) is 0.496. The van der Waals surface area contributed by atoms with E-state index in [4.69, 9.17) is 9.47 Å². The lowest BCUT2D eigenvalue weighted by Crippen LogP contribution is -2.48. The molecule has 38 heavy (non-hydrogen) atoms. The SMILES string of the molecule is Cc1ccc(S(=O)(=O)N2c3ccc(C(=O)N4CCN(Cc5ccc6c(c5)OCO6)CC4)cc3C[C@@H]2C)cc1. The van der Waals surface area contributed by atoms with Gasteiger partial charge in [0.1, 0.15) is 0 Å². The molecule has 198 valence electrons. The fraction of sp³-hybridized carbons (Fsp3) is 0.345. The van der Waals surface area contributed by atoms with Crippen LogP contribution in [-0.4, -0.2) is 63.1 Å². The second-order valence-corrected chi connectivity index (χ2v) is 12.1. The van der Waals surface area contributed by atoms with Crippen molar-refractivity contribution in [2.75, 3.05) is 37.3 Å². The van der Waals surface area contributed by atoms with Crippen LogP contribution in [-0.2, 0) is 23.0 Å². The fourth-order valence-corrected chi connectivity index (χ4v) is 7.21. The number of ether oxygens (including phenoxy) is 2. The van der Waals surface area contributed by atoms with Crippen LogP contribution in [0.15, 0.2) is 65.6 Å². The van der Waals surface area contributed by atoms with E-state index in [1.165, 1.54) is 4.31 Å². The summed E-state index contributed by atoms with van der Waals surface area (Å²) in [7, 11) is -3.69. The normalized spacial score (nSPS) is 19.1. The average Bonchev–Trinajstić information content (AvgIpc) is 3.51. The summed E-state index contributed by atoms with van der Waals surface area (Å²) >= 11 is 0. The monoisotopic (exact) mass is 533 g/mol. The minimum Gasteiger partial charge on any atom is -0.454 e. The predicted molar refractivity (Wildman–Crippen MR) is 144 cm³/mol. The number of fused-ring (bicyclic) bond motifs is 2. The Bertz CT molecular complexity index is 1480. The maximum absolute atomic E-state index is 13.4. The smallest absolute Gasteiger partial charge is 0.264 e. The van der Waals surface area contributed by atoms with Gasteiger partial charge in [-0.15, -0.1) is 0 Å². The Kier molecular flexibility index (Phi) is 6.28. The first kappa shape index (κ1) is 24.8. The molecule has 0 aromatic heterocycles. The molecule has 9 heteroatoms. The van der Waals surface area contributed by atoms with E-state index in [1.807, 2.05) is 49.1 Å². The van der Waals surface area contributed by atoms with Gasteiger partial charge in [-0.2, -0.15) is 0 Å². The third-order valence-corrected chi connectivity index (χ3v) is 9.50. The summed E-state index contributed by atoms with van der Waals surface area (Å²) in [5, 5.41) is 0. The molecule has 6 rings (SSSR count). The Hall–Kier alpha value is -3.56. The van der Waals surface area contributed by atoms with E-state index in [2.05, 4.69) is 11.0 Å². The molecule has 3 heterocycles. The van der Waals surface area contributed by atoms with Gasteiger partial charge in [0.15, 0.2) is 11.5 Å². The number of hydrogen-bond donors (Lipinski definition) is 0. The van der Waals surface area contributed by atoms with E-state index < -0.39 is 10.0 Å². The van der Waals surface area contributed by atoms with Gasteiger partial charge in [0.25, 0.3) is 15.9 Å². The highest BCUT2D eigenvalue weighted by Crippen LogP contribution is 2.38. The Morgan fingerprint density at radius 1 is 0.921 bits per heavy atom. The third kappa shape index (κ3) is 4.50. The predicted octanol–water partition coefficient (Wildman–Crippen LogP) is 3.82. The molecule has 0 radical (unpaired) electrons. The molecule has 1 atom stereocenters. The standard InChI is InChI=1S/C29H31N3O5S/c1-20-3-7-25(8-4-20)38(34,35)32-21(2)15-24-17-23(6-9-26(24)32)29(33)31-13-11-30(12-14-31)18-22-5-10-27-28(16-22)37-19-36-27/h3-10,16-17,21H,11-15,18-19H2,1-2H3/t21-/m0/s1. The number of carbonyl (C=O) groups excluding carboxylic acids is 1. The van der Waals surface area contributed by atoms with E-state index in [0.717, 1.165) is 47.8 Å². The van der Waals surface area contributed by atoms with Gasteiger partial charge in [-0.3, -0.25) is 14.0 Å². The molecular weight excluding hydrogens is 502 g/mol. The number of amides is 1. The molecule has 8 nitrogen and oxygen atoms in total. The second kappa shape index (κ2) is 9.63. The Morgan fingerprint density at radius 3 is 2.42 bits per heavy atom. The highest BCUT2D eigenvalue weighted by atomic mass is 32.2. The van der Waals surface area contributed by atoms with E-state index in [9.17, 15) is 13.2 Å². The molecule has 3 aliphatic heterocycles. The number of aryl methyl sites for hydroxylation is 1. The number of nitrogens with zero attached hydrogens (tertiary/aromatic N) is 3. The van der Waals surface area contributed by atoms with Gasteiger partial charge in [-0.1, -0.05) is 23.8 Å². The van der Waals surface area contributed by atoms with Crippen molar-refractivity contribution >= 4 is 21.6 Å². The van der Waals surface area contributed by atoms with Gasteiger partial charge < -0.3 is 14.4 Å². The van der Waals surface area contributed by atoms with Gasteiger partial charge >= 0.3 is 0 Å². The van der Waals surface area contributed by atoms with Crippen LogP contribution in [0.3, 0.4) is 0 Å². The van der Waals surface area contributed by atoms with E-state index in [-0.39, 0.29) is 23.6 Å². The van der Waals surface area contributed by atoms with Crippen LogP contribution in [0.5, 0.6) is 11.5 Å². The van der Waals surface area contributed by atoms with Crippen LogP contribution < -0.4 is 13.8 Å². The van der Waals surface area contributed by atoms with Gasteiger partial charge in [0.2, 0.25) is 6.79 Å². The maximum atomic E-state index is 13.4. The highest BCUT2D eigenvalue weighted by molar-refractivity contribution is 7.92. The molecular formula is C29H31N3O5S. The number of sulfonamides is 1. The van der Waals surface area contributed by atoms with Gasteiger partial charge in [-0.25, -0.2) is 8.42 Å². The molecule has 0 N–H and O–H groups in total. The maximum Gasteiger partial charge on any atom is 0.264 e. The molecule has 0 bridgehead atoms. The first-order chi connectivity index (χ1) is 18.3. The van der Waals surface area contributed by atoms with Crippen molar-refractivity contribution in [3.63, 3.8) is 0 Å². The van der Waals surface area contributed by atoms with Crippen LogP contribution >= 0.6 is 0 Å². The average molecular weight is 534 g/mol. The van der Waals surface area contributed by atoms with E-state index in [0.29, 0.717) is 30.8 Å². The molecule has 1 fully saturated rings. The fourth-order valence-electron chi connectivity index (χ4n) is 5.51. The van der Waals surface area contributed by atoms with Crippen LogP contribution in [0.2, 0.25) is 0 Å². The lowest BCUT2D eigenvalue weighted by atomic mass is 10.1. The largest absolute Gasteiger partial charge is 0.454 e. The Morgan fingerprint density at radius 2 is 1.66 bits per heavy atom. The van der Waals surface area contributed by atoms with Crippen LogP contribution in [0.4, 0.5) is 5.69 Å². The van der Waals surface area contributed by atoms with Gasteiger partial charge in [0, 0.05) is 44.3 Å². The van der Waals surface area contributed by atoms with E-state index in [1.54, 1.807) is 24.3 Å². The number of hydrogen-bond acceptors (Lipinski definition) is 6. The lowest BCUT2D eigenvalue weighted by molar-refractivity contribution is 0.0628. The summed E-state index contributed by atoms with van der Waals surface area (Å²) in [6, 6.07) is 18.1. The topological polar surface area (TPSA) is 79.4 Å². The molecule has 3 aromatic rings. The van der Waals surface area contributed by atoms with Gasteiger partial charge in [-0.05, 0) is 73.9 Å². The molecule has 3 aliphatic rings. The van der Waals surface area contributed by atoms with Crippen molar-refractivity contribution < 1.29 is 22.7 Å². The molecule has 1 saturated heterocycles. The molecule has 0 spiro atoms. The number of rotatable bonds is 5. The zero-order valence-electron chi connectivity index (χ0n) is 21.6. The molecule has 0 unspecified atom stereocenters. The first-order valence-electron chi connectivity index (χ1n) is 12.9. The minimum absolute atomic E-state index is 0.0111. The summed E-state index contributed by atoms with van der Waals surface area (Å²) in [6.07, 6.45) is 0.574. The van der Waals surface area contributed by atoms with Crippen molar-refractivity contribution in [3.05, 3.63) is 82.9 Å². The molecule has 3 aromatic carbocycles. The zero-order chi connectivity index (χ0) is 26.4. The van der Waals surface area contributed by atoms with E-state index >= 15 is 0 Å². The van der Waals surface area contributed by atoms with Crippen LogP contribution in [0.25, 0.3) is 0 Å². The summed E-state index contributed by atoms with van der Waals surface area (Å²) in [5.74, 6) is 1.55. The number of carbonyl (C=O) groups is 1. The summed E-state index contributed by atoms with van der Waals surface area (Å²) in [6.45, 7) is 7.75. The van der Waals surface area contributed by atoms with Gasteiger partial charge in [0.05, 0.1) is 10.6 Å². The molecule has 0 saturated carbocycles. The summed E-state index contributed by atoms with van der Waals surface area (Å²) < 4.78 is 39.2. The van der Waals surface area contributed by atoms with Crippen LogP contribution in [0.1, 0.15) is 34.0 Å². The van der Waals surface area contributed by atoms with Crippen molar-refractivity contribution in [3.8, 4) is 11.5 Å². The Balaban J connectivity index is 1.12. The summed E-state index contributed by atoms with van der Waals surface area (Å²) in [5.41, 5.74) is 4.32.